The maximum atomic E-state index is 13.1. The molecule has 0 saturated heterocycles. The molecule has 1 aromatic carbocycles. The second kappa shape index (κ2) is 5.69. The maximum absolute atomic E-state index is 13.1. The highest BCUT2D eigenvalue weighted by molar-refractivity contribution is 5.33. The van der Waals surface area contributed by atoms with Crippen LogP contribution in [-0.4, -0.2) is 16.9 Å². The van der Waals surface area contributed by atoms with E-state index in [0.29, 0.717) is 11.1 Å². The minimum absolute atomic E-state index is 0.457. The molecule has 0 bridgehead atoms. The molecule has 0 radical (unpaired) electrons. The summed E-state index contributed by atoms with van der Waals surface area (Å²) in [4.78, 5) is 0. The third kappa shape index (κ3) is 3.76. The molecule has 0 spiro atoms. The lowest BCUT2D eigenvalue weighted by Crippen LogP contribution is -2.49. The third-order valence-corrected chi connectivity index (χ3v) is 3.57. The summed E-state index contributed by atoms with van der Waals surface area (Å²) < 4.78 is 52.4. The molecule has 0 saturated carbocycles. The Hall–Kier alpha value is -1.54. The number of alkyl halides is 3. The Bertz CT molecular complexity index is 554. The van der Waals surface area contributed by atoms with Gasteiger partial charge in [0.25, 0.3) is 0 Å². The zero-order chi connectivity index (χ0) is 16.5. The standard InChI is InChI=1S/C16H18F4O/c1-5-8-15(21,16(18,19)20)10-14(3,4)13-7-6-12(17)9-11(13)2/h1,6-7,9,21H,8,10H2,2-4H3. The number of benzene rings is 1. The predicted octanol–water partition coefficient (Wildman–Crippen LogP) is 4.12. The van der Waals surface area contributed by atoms with Crippen LogP contribution >= 0.6 is 0 Å². The van der Waals surface area contributed by atoms with Gasteiger partial charge in [-0.05, 0) is 42.0 Å². The van der Waals surface area contributed by atoms with Gasteiger partial charge in [-0.2, -0.15) is 13.2 Å². The summed E-state index contributed by atoms with van der Waals surface area (Å²) >= 11 is 0. The van der Waals surface area contributed by atoms with Crippen LogP contribution in [0.5, 0.6) is 0 Å². The molecule has 21 heavy (non-hydrogen) atoms. The van der Waals surface area contributed by atoms with Crippen LogP contribution < -0.4 is 0 Å². The van der Waals surface area contributed by atoms with E-state index in [1.165, 1.54) is 18.2 Å². The van der Waals surface area contributed by atoms with E-state index in [4.69, 9.17) is 6.42 Å². The van der Waals surface area contributed by atoms with Crippen LogP contribution in [0, 0.1) is 25.1 Å². The fraction of sp³-hybridized carbons (Fsp3) is 0.500. The summed E-state index contributed by atoms with van der Waals surface area (Å²) in [6, 6.07) is 3.89. The smallest absolute Gasteiger partial charge is 0.380 e. The predicted molar refractivity (Wildman–Crippen MR) is 73.2 cm³/mol. The van der Waals surface area contributed by atoms with Gasteiger partial charge in [-0.25, -0.2) is 4.39 Å². The minimum atomic E-state index is -4.83. The zero-order valence-electron chi connectivity index (χ0n) is 12.2. The van der Waals surface area contributed by atoms with Gasteiger partial charge < -0.3 is 5.11 Å². The molecule has 5 heteroatoms. The number of halogens is 4. The van der Waals surface area contributed by atoms with Gasteiger partial charge in [0.05, 0.1) is 0 Å². The monoisotopic (exact) mass is 302 g/mol. The second-order valence-electron chi connectivity index (χ2n) is 5.93. The van der Waals surface area contributed by atoms with Gasteiger partial charge in [-0.15, -0.1) is 12.3 Å². The maximum Gasteiger partial charge on any atom is 0.418 e. The zero-order valence-corrected chi connectivity index (χ0v) is 12.2. The fourth-order valence-corrected chi connectivity index (χ4v) is 2.64. The average molecular weight is 302 g/mol. The first-order chi connectivity index (χ1) is 9.43. The molecule has 0 heterocycles. The van der Waals surface area contributed by atoms with E-state index in [-0.39, 0.29) is 0 Å². The van der Waals surface area contributed by atoms with Crippen molar-refractivity contribution < 1.29 is 22.7 Å². The van der Waals surface area contributed by atoms with E-state index in [1.807, 2.05) is 5.92 Å². The number of hydrogen-bond donors (Lipinski definition) is 1. The normalized spacial score (nSPS) is 15.4. The van der Waals surface area contributed by atoms with Crippen molar-refractivity contribution in [2.75, 3.05) is 0 Å². The van der Waals surface area contributed by atoms with Crippen molar-refractivity contribution in [3.8, 4) is 12.3 Å². The molecule has 1 rings (SSSR count). The van der Waals surface area contributed by atoms with E-state index in [1.54, 1.807) is 20.8 Å². The Morgan fingerprint density at radius 2 is 1.81 bits per heavy atom. The highest BCUT2D eigenvalue weighted by Crippen LogP contribution is 2.43. The van der Waals surface area contributed by atoms with Crippen molar-refractivity contribution in [1.82, 2.24) is 0 Å². The summed E-state index contributed by atoms with van der Waals surface area (Å²) in [6.07, 6.45) is -1.29. The fourth-order valence-electron chi connectivity index (χ4n) is 2.64. The van der Waals surface area contributed by atoms with E-state index >= 15 is 0 Å². The Balaban J connectivity index is 3.21. The molecule has 116 valence electrons. The van der Waals surface area contributed by atoms with Crippen LogP contribution in [0.1, 0.15) is 37.8 Å². The quantitative estimate of drug-likeness (QED) is 0.655. The molecular weight excluding hydrogens is 284 g/mol. The summed E-state index contributed by atoms with van der Waals surface area (Å²) in [6.45, 7) is 4.76. The van der Waals surface area contributed by atoms with Gasteiger partial charge in [-0.3, -0.25) is 0 Å². The molecule has 0 aliphatic carbocycles. The average Bonchev–Trinajstić information content (AvgIpc) is 2.25. The van der Waals surface area contributed by atoms with Gasteiger partial charge >= 0.3 is 6.18 Å². The van der Waals surface area contributed by atoms with Gasteiger partial charge in [0, 0.05) is 6.42 Å². The topological polar surface area (TPSA) is 20.2 Å². The molecule has 1 nitrogen and oxygen atoms in total. The Morgan fingerprint density at radius 1 is 1.24 bits per heavy atom. The van der Waals surface area contributed by atoms with Crippen LogP contribution in [0.25, 0.3) is 0 Å². The Labute approximate surface area is 122 Å². The summed E-state index contributed by atoms with van der Waals surface area (Å²) in [5.74, 6) is 1.43. The first-order valence-electron chi connectivity index (χ1n) is 6.42. The van der Waals surface area contributed by atoms with Crippen LogP contribution in [0.3, 0.4) is 0 Å². The lowest BCUT2D eigenvalue weighted by molar-refractivity contribution is -0.264. The molecule has 0 aromatic heterocycles. The third-order valence-electron chi connectivity index (χ3n) is 3.57. The largest absolute Gasteiger partial charge is 0.418 e. The van der Waals surface area contributed by atoms with Crippen molar-refractivity contribution in [1.29, 1.82) is 0 Å². The number of aryl methyl sites for hydroxylation is 1. The summed E-state index contributed by atoms with van der Waals surface area (Å²) in [7, 11) is 0. The molecule has 1 aromatic rings. The minimum Gasteiger partial charge on any atom is -0.380 e. The van der Waals surface area contributed by atoms with Crippen LogP contribution in [0.15, 0.2) is 18.2 Å². The number of aliphatic hydroxyl groups is 1. The number of rotatable bonds is 4. The molecule has 0 amide bonds. The molecule has 0 aliphatic heterocycles. The highest BCUT2D eigenvalue weighted by Gasteiger charge is 2.55. The molecule has 1 N–H and O–H groups in total. The molecule has 0 aliphatic rings. The van der Waals surface area contributed by atoms with Crippen molar-refractivity contribution in [3.63, 3.8) is 0 Å². The summed E-state index contributed by atoms with van der Waals surface area (Å²) in [5.41, 5.74) is -2.90. The van der Waals surface area contributed by atoms with Crippen LogP contribution in [0.4, 0.5) is 17.6 Å². The lowest BCUT2D eigenvalue weighted by atomic mass is 9.72. The Morgan fingerprint density at radius 3 is 2.24 bits per heavy atom. The summed E-state index contributed by atoms with van der Waals surface area (Å²) in [5, 5.41) is 9.95. The van der Waals surface area contributed by atoms with Crippen molar-refractivity contribution in [2.45, 2.75) is 50.8 Å². The molecule has 1 atom stereocenters. The molecule has 0 fully saturated rings. The molecule has 1 unspecified atom stereocenters. The first-order valence-corrected chi connectivity index (χ1v) is 6.42. The van der Waals surface area contributed by atoms with Crippen molar-refractivity contribution >= 4 is 0 Å². The number of terminal acetylenes is 1. The van der Waals surface area contributed by atoms with E-state index in [2.05, 4.69) is 0 Å². The van der Waals surface area contributed by atoms with Gasteiger partial charge in [0.1, 0.15) is 5.82 Å². The van der Waals surface area contributed by atoms with Crippen LogP contribution in [0.2, 0.25) is 0 Å². The Kier molecular flexibility index (Phi) is 4.74. The van der Waals surface area contributed by atoms with Crippen LogP contribution in [-0.2, 0) is 5.41 Å². The first kappa shape index (κ1) is 17.5. The van der Waals surface area contributed by atoms with E-state index in [9.17, 15) is 22.7 Å². The van der Waals surface area contributed by atoms with Gasteiger partial charge in [0.15, 0.2) is 5.60 Å². The molecular formula is C16H18F4O. The van der Waals surface area contributed by atoms with Crippen molar-refractivity contribution in [3.05, 3.63) is 35.1 Å². The highest BCUT2D eigenvalue weighted by atomic mass is 19.4. The van der Waals surface area contributed by atoms with Crippen molar-refractivity contribution in [2.24, 2.45) is 0 Å². The van der Waals surface area contributed by atoms with Gasteiger partial charge in [0.2, 0.25) is 0 Å². The van der Waals surface area contributed by atoms with E-state index in [0.717, 1.165) is 0 Å². The number of hydrogen-bond acceptors (Lipinski definition) is 1. The lowest BCUT2D eigenvalue weighted by Gasteiger charge is -2.37. The SMILES string of the molecule is C#CCC(O)(CC(C)(C)c1ccc(F)cc1C)C(F)(F)F. The second-order valence-corrected chi connectivity index (χ2v) is 5.93. The van der Waals surface area contributed by atoms with Gasteiger partial charge in [-0.1, -0.05) is 19.9 Å². The van der Waals surface area contributed by atoms with E-state index < -0.39 is 35.9 Å².